The fourth-order valence-electron chi connectivity index (χ4n) is 2.89. The minimum Gasteiger partial charge on any atom is -0.493 e. The summed E-state index contributed by atoms with van der Waals surface area (Å²) in [6.45, 7) is 3.61. The van der Waals surface area contributed by atoms with Gasteiger partial charge < -0.3 is 9.64 Å². The third kappa shape index (κ3) is 6.00. The van der Waals surface area contributed by atoms with E-state index in [1.54, 1.807) is 0 Å². The lowest BCUT2D eigenvalue weighted by atomic mass is 10.1. The number of hydrogen-bond donors (Lipinski definition) is 0. The van der Waals surface area contributed by atoms with Crippen molar-refractivity contribution >= 4 is 5.91 Å². The molecule has 0 aliphatic carbocycles. The zero-order chi connectivity index (χ0) is 18.9. The highest BCUT2D eigenvalue weighted by atomic mass is 16.5. The topological polar surface area (TPSA) is 29.5 Å². The van der Waals surface area contributed by atoms with E-state index in [2.05, 4.69) is 0 Å². The van der Waals surface area contributed by atoms with Crippen LogP contribution in [0.1, 0.15) is 23.1 Å². The molecule has 1 amide bonds. The van der Waals surface area contributed by atoms with Crippen LogP contribution in [0.25, 0.3) is 0 Å². The Labute approximate surface area is 161 Å². The van der Waals surface area contributed by atoms with E-state index in [0.717, 1.165) is 16.9 Å². The Hall–Kier alpha value is -3.07. The summed E-state index contributed by atoms with van der Waals surface area (Å²) in [5.74, 6) is 0.890. The van der Waals surface area contributed by atoms with Crippen molar-refractivity contribution in [1.82, 2.24) is 4.90 Å². The number of ether oxygens (including phenoxy) is 1. The molecule has 0 saturated carbocycles. The van der Waals surface area contributed by atoms with Crippen LogP contribution in [0, 0.1) is 6.92 Å². The molecular weight excluding hydrogens is 334 g/mol. The Morgan fingerprint density at radius 3 is 1.81 bits per heavy atom. The van der Waals surface area contributed by atoms with Crippen LogP contribution >= 0.6 is 0 Å². The van der Waals surface area contributed by atoms with Crippen LogP contribution in [-0.4, -0.2) is 17.4 Å². The summed E-state index contributed by atoms with van der Waals surface area (Å²) in [4.78, 5) is 14.7. The van der Waals surface area contributed by atoms with Gasteiger partial charge in [-0.15, -0.1) is 0 Å². The van der Waals surface area contributed by atoms with E-state index < -0.39 is 0 Å². The molecule has 138 valence electrons. The molecule has 27 heavy (non-hydrogen) atoms. The lowest BCUT2D eigenvalue weighted by Gasteiger charge is -2.23. The summed E-state index contributed by atoms with van der Waals surface area (Å²) < 4.78 is 5.73. The number of nitrogens with zero attached hydrogens (tertiary/aromatic N) is 1. The predicted molar refractivity (Wildman–Crippen MR) is 108 cm³/mol. The minimum absolute atomic E-state index is 0.0924. The number of aryl methyl sites for hydroxylation is 1. The first-order valence-corrected chi connectivity index (χ1v) is 9.26. The molecule has 0 fully saturated rings. The monoisotopic (exact) mass is 359 g/mol. The van der Waals surface area contributed by atoms with Gasteiger partial charge in [-0.05, 0) is 30.2 Å². The smallest absolute Gasteiger partial charge is 0.226 e. The van der Waals surface area contributed by atoms with Gasteiger partial charge in [0.05, 0.1) is 13.0 Å². The van der Waals surface area contributed by atoms with Crippen LogP contribution < -0.4 is 4.74 Å². The summed E-state index contributed by atoms with van der Waals surface area (Å²) in [7, 11) is 0. The largest absolute Gasteiger partial charge is 0.493 e. The Balaban J connectivity index is 1.61. The van der Waals surface area contributed by atoms with Crippen molar-refractivity contribution in [2.45, 2.75) is 26.4 Å². The summed E-state index contributed by atoms with van der Waals surface area (Å²) in [6, 6.07) is 28.1. The van der Waals surface area contributed by atoms with Crippen LogP contribution in [0.5, 0.6) is 5.75 Å². The second kappa shape index (κ2) is 9.58. The SMILES string of the molecule is Cc1ccc(OCCC(=O)N(Cc2ccccc2)Cc2ccccc2)cc1. The highest BCUT2D eigenvalue weighted by molar-refractivity contribution is 5.76. The zero-order valence-corrected chi connectivity index (χ0v) is 15.7. The van der Waals surface area contributed by atoms with Crippen molar-refractivity contribution in [2.75, 3.05) is 6.61 Å². The van der Waals surface area contributed by atoms with Crippen LogP contribution in [-0.2, 0) is 17.9 Å². The Morgan fingerprint density at radius 2 is 1.30 bits per heavy atom. The summed E-state index contributed by atoms with van der Waals surface area (Å²) in [6.07, 6.45) is 0.355. The van der Waals surface area contributed by atoms with Gasteiger partial charge in [-0.25, -0.2) is 0 Å². The molecule has 0 unspecified atom stereocenters. The molecule has 0 aliphatic rings. The molecule has 0 heterocycles. The van der Waals surface area contributed by atoms with Gasteiger partial charge in [-0.2, -0.15) is 0 Å². The third-order valence-corrected chi connectivity index (χ3v) is 4.39. The third-order valence-electron chi connectivity index (χ3n) is 4.39. The molecule has 3 heteroatoms. The van der Waals surface area contributed by atoms with Gasteiger partial charge in [0.15, 0.2) is 0 Å². The van der Waals surface area contributed by atoms with E-state index in [1.165, 1.54) is 5.56 Å². The van der Waals surface area contributed by atoms with E-state index in [0.29, 0.717) is 26.1 Å². The van der Waals surface area contributed by atoms with Crippen molar-refractivity contribution in [3.05, 3.63) is 102 Å². The standard InChI is InChI=1S/C24H25NO2/c1-20-12-14-23(15-13-20)27-17-16-24(26)25(18-21-8-4-2-5-9-21)19-22-10-6-3-7-11-22/h2-15H,16-19H2,1H3. The van der Waals surface area contributed by atoms with Crippen LogP contribution in [0.15, 0.2) is 84.9 Å². The average Bonchev–Trinajstić information content (AvgIpc) is 2.70. The second-order valence-electron chi connectivity index (χ2n) is 6.63. The molecule has 0 atom stereocenters. The van der Waals surface area contributed by atoms with Crippen LogP contribution in [0.4, 0.5) is 0 Å². The molecule has 3 nitrogen and oxygen atoms in total. The molecule has 0 radical (unpaired) electrons. The number of hydrogen-bond acceptors (Lipinski definition) is 2. The van der Waals surface area contributed by atoms with Gasteiger partial charge in [-0.1, -0.05) is 78.4 Å². The average molecular weight is 359 g/mol. The summed E-state index contributed by atoms with van der Waals surface area (Å²) >= 11 is 0. The maximum Gasteiger partial charge on any atom is 0.226 e. The van der Waals surface area contributed by atoms with Gasteiger partial charge in [0.1, 0.15) is 5.75 Å². The van der Waals surface area contributed by atoms with Gasteiger partial charge in [-0.3, -0.25) is 4.79 Å². The molecule has 0 bridgehead atoms. The fourth-order valence-corrected chi connectivity index (χ4v) is 2.89. The normalized spacial score (nSPS) is 10.4. The van der Waals surface area contributed by atoms with E-state index in [1.807, 2.05) is 96.8 Å². The highest BCUT2D eigenvalue weighted by Crippen LogP contribution is 2.14. The molecule has 0 aliphatic heterocycles. The molecule has 3 rings (SSSR count). The van der Waals surface area contributed by atoms with Crippen molar-refractivity contribution in [1.29, 1.82) is 0 Å². The predicted octanol–water partition coefficient (Wildman–Crippen LogP) is 4.99. The van der Waals surface area contributed by atoms with Gasteiger partial charge >= 0.3 is 0 Å². The molecule has 0 N–H and O–H groups in total. The first-order valence-electron chi connectivity index (χ1n) is 9.26. The molecule has 0 aromatic heterocycles. The van der Waals surface area contributed by atoms with Crippen molar-refractivity contribution in [2.24, 2.45) is 0 Å². The number of rotatable bonds is 8. The number of amides is 1. The van der Waals surface area contributed by atoms with Crippen LogP contribution in [0.3, 0.4) is 0 Å². The fraction of sp³-hybridized carbons (Fsp3) is 0.208. The number of benzene rings is 3. The minimum atomic E-state index is 0.0924. The Bertz CT molecular complexity index is 788. The second-order valence-corrected chi connectivity index (χ2v) is 6.63. The van der Waals surface area contributed by atoms with Crippen molar-refractivity contribution in [3.63, 3.8) is 0 Å². The van der Waals surface area contributed by atoms with E-state index in [4.69, 9.17) is 4.74 Å². The molecule has 0 spiro atoms. The quantitative estimate of drug-likeness (QED) is 0.567. The lowest BCUT2D eigenvalue weighted by molar-refractivity contribution is -0.133. The maximum atomic E-state index is 12.8. The zero-order valence-electron chi connectivity index (χ0n) is 15.7. The van der Waals surface area contributed by atoms with Gasteiger partial charge in [0.2, 0.25) is 5.91 Å². The van der Waals surface area contributed by atoms with Crippen molar-refractivity contribution in [3.8, 4) is 5.75 Å². The first kappa shape index (κ1) is 18.7. The molecule has 0 saturated heterocycles. The van der Waals surface area contributed by atoms with Gasteiger partial charge in [0, 0.05) is 13.1 Å². The van der Waals surface area contributed by atoms with Gasteiger partial charge in [0.25, 0.3) is 0 Å². The highest BCUT2D eigenvalue weighted by Gasteiger charge is 2.15. The van der Waals surface area contributed by atoms with E-state index in [9.17, 15) is 4.79 Å². The number of carbonyl (C=O) groups is 1. The first-order chi connectivity index (χ1) is 13.2. The lowest BCUT2D eigenvalue weighted by Crippen LogP contribution is -2.31. The Kier molecular flexibility index (Phi) is 6.64. The van der Waals surface area contributed by atoms with E-state index >= 15 is 0 Å². The molecule has 3 aromatic carbocycles. The van der Waals surface area contributed by atoms with Crippen molar-refractivity contribution < 1.29 is 9.53 Å². The molecule has 3 aromatic rings. The maximum absolute atomic E-state index is 12.8. The number of carbonyl (C=O) groups excluding carboxylic acids is 1. The Morgan fingerprint density at radius 1 is 0.778 bits per heavy atom. The van der Waals surface area contributed by atoms with Crippen LogP contribution in [0.2, 0.25) is 0 Å². The summed E-state index contributed by atoms with van der Waals surface area (Å²) in [5, 5.41) is 0. The molecular formula is C24H25NO2. The van der Waals surface area contributed by atoms with E-state index in [-0.39, 0.29) is 5.91 Å². The summed E-state index contributed by atoms with van der Waals surface area (Å²) in [5.41, 5.74) is 3.44.